The molecular weight excluding hydrogens is 294 g/mol. The maximum atomic E-state index is 15.0. The van der Waals surface area contributed by atoms with Crippen molar-refractivity contribution < 1.29 is 8.78 Å². The molecule has 2 nitrogen and oxygen atoms in total. The summed E-state index contributed by atoms with van der Waals surface area (Å²) in [5.41, 5.74) is 2.62. The quantitative estimate of drug-likeness (QED) is 0.746. The maximum Gasteiger partial charge on any atom is 0.129 e. The number of alkyl halides is 1. The second-order valence-corrected chi connectivity index (χ2v) is 7.11. The molecule has 1 aliphatic carbocycles. The number of imidazole rings is 1. The summed E-state index contributed by atoms with van der Waals surface area (Å²) >= 11 is 0. The zero-order valence-corrected chi connectivity index (χ0v) is 13.5. The van der Waals surface area contributed by atoms with Crippen LogP contribution in [0.15, 0.2) is 24.7 Å². The van der Waals surface area contributed by atoms with E-state index in [-0.39, 0.29) is 11.9 Å². The summed E-state index contributed by atoms with van der Waals surface area (Å²) in [5, 5.41) is 0. The first kappa shape index (κ1) is 14.9. The minimum absolute atomic E-state index is 0.128. The lowest BCUT2D eigenvalue weighted by molar-refractivity contribution is 0.0901. The molecule has 1 aromatic carbocycles. The zero-order chi connectivity index (χ0) is 16.0. The van der Waals surface area contributed by atoms with Crippen molar-refractivity contribution in [2.24, 2.45) is 0 Å². The fraction of sp³-hybridized carbons (Fsp3) is 0.526. The fourth-order valence-corrected chi connectivity index (χ4v) is 4.37. The SMILES string of the molecule is Cc1ccc(F)c2c1-c1cncn1[C@H]2CCC1(F)CCCCC1. The monoisotopic (exact) mass is 316 g/mol. The first-order chi connectivity index (χ1) is 11.1. The van der Waals surface area contributed by atoms with Gasteiger partial charge < -0.3 is 4.57 Å². The summed E-state index contributed by atoms with van der Waals surface area (Å²) in [6, 6.07) is 3.22. The lowest BCUT2D eigenvalue weighted by Crippen LogP contribution is -2.27. The Bertz CT molecular complexity index is 729. The largest absolute Gasteiger partial charge is 0.323 e. The van der Waals surface area contributed by atoms with Gasteiger partial charge in [0.25, 0.3) is 0 Å². The second-order valence-electron chi connectivity index (χ2n) is 7.11. The van der Waals surface area contributed by atoms with Gasteiger partial charge >= 0.3 is 0 Å². The van der Waals surface area contributed by atoms with Crippen molar-refractivity contribution in [3.8, 4) is 11.3 Å². The van der Waals surface area contributed by atoms with Crippen LogP contribution in [0.3, 0.4) is 0 Å². The predicted octanol–water partition coefficient (Wildman–Crippen LogP) is 5.35. The number of aryl methyl sites for hydroxylation is 1. The molecule has 23 heavy (non-hydrogen) atoms. The molecule has 122 valence electrons. The molecule has 2 aromatic rings. The number of halogens is 2. The van der Waals surface area contributed by atoms with Gasteiger partial charge in [-0.3, -0.25) is 0 Å². The smallest absolute Gasteiger partial charge is 0.129 e. The van der Waals surface area contributed by atoms with Crippen molar-refractivity contribution >= 4 is 0 Å². The van der Waals surface area contributed by atoms with Crippen LogP contribution in [0, 0.1) is 12.7 Å². The van der Waals surface area contributed by atoms with E-state index >= 15 is 0 Å². The van der Waals surface area contributed by atoms with E-state index in [1.807, 2.05) is 17.6 Å². The Morgan fingerprint density at radius 2 is 2.04 bits per heavy atom. The van der Waals surface area contributed by atoms with E-state index in [0.717, 1.165) is 41.6 Å². The molecule has 1 saturated carbocycles. The Morgan fingerprint density at radius 1 is 1.26 bits per heavy atom. The van der Waals surface area contributed by atoms with Crippen LogP contribution in [-0.2, 0) is 0 Å². The lowest BCUT2D eigenvalue weighted by Gasteiger charge is -2.30. The van der Waals surface area contributed by atoms with Gasteiger partial charge in [-0.05, 0) is 44.2 Å². The summed E-state index contributed by atoms with van der Waals surface area (Å²) in [5.74, 6) is -0.184. The molecule has 0 unspecified atom stereocenters. The molecule has 0 saturated heterocycles. The van der Waals surface area contributed by atoms with Crippen LogP contribution in [0.5, 0.6) is 0 Å². The molecule has 1 atom stereocenters. The third kappa shape index (κ3) is 2.39. The van der Waals surface area contributed by atoms with Crippen LogP contribution >= 0.6 is 0 Å². The van der Waals surface area contributed by atoms with Crippen LogP contribution in [0.25, 0.3) is 11.3 Å². The molecule has 0 spiro atoms. The molecule has 2 heterocycles. The highest BCUT2D eigenvalue weighted by Gasteiger charge is 2.37. The van der Waals surface area contributed by atoms with Gasteiger partial charge in [0.2, 0.25) is 0 Å². The van der Waals surface area contributed by atoms with Gasteiger partial charge in [0.1, 0.15) is 11.5 Å². The van der Waals surface area contributed by atoms with Crippen LogP contribution in [0.2, 0.25) is 0 Å². The number of hydrogen-bond donors (Lipinski definition) is 0. The predicted molar refractivity (Wildman–Crippen MR) is 86.7 cm³/mol. The molecule has 0 radical (unpaired) electrons. The maximum absolute atomic E-state index is 15.0. The van der Waals surface area contributed by atoms with E-state index in [1.165, 1.54) is 6.07 Å². The summed E-state index contributed by atoms with van der Waals surface area (Å²) in [4.78, 5) is 4.22. The van der Waals surface area contributed by atoms with Crippen molar-refractivity contribution in [1.82, 2.24) is 9.55 Å². The fourth-order valence-electron chi connectivity index (χ4n) is 4.37. The number of fused-ring (bicyclic) bond motifs is 3. The van der Waals surface area contributed by atoms with Gasteiger partial charge in [0.05, 0.1) is 24.3 Å². The Labute approximate surface area is 135 Å². The van der Waals surface area contributed by atoms with Gasteiger partial charge in [-0.1, -0.05) is 25.3 Å². The lowest BCUT2D eigenvalue weighted by atomic mass is 9.81. The van der Waals surface area contributed by atoms with Gasteiger partial charge in [-0.25, -0.2) is 13.8 Å². The van der Waals surface area contributed by atoms with Crippen molar-refractivity contribution in [2.45, 2.75) is 63.6 Å². The van der Waals surface area contributed by atoms with Crippen molar-refractivity contribution in [1.29, 1.82) is 0 Å². The summed E-state index contributed by atoms with van der Waals surface area (Å²) in [7, 11) is 0. The molecule has 0 amide bonds. The molecule has 1 aliphatic heterocycles. The van der Waals surface area contributed by atoms with Gasteiger partial charge in [-0.2, -0.15) is 0 Å². The van der Waals surface area contributed by atoms with E-state index in [9.17, 15) is 8.78 Å². The first-order valence-corrected chi connectivity index (χ1v) is 8.59. The second kappa shape index (κ2) is 5.43. The van der Waals surface area contributed by atoms with Crippen LogP contribution in [0.4, 0.5) is 8.78 Å². The highest BCUT2D eigenvalue weighted by molar-refractivity contribution is 5.72. The Morgan fingerprint density at radius 3 is 2.83 bits per heavy atom. The highest BCUT2D eigenvalue weighted by Crippen LogP contribution is 2.46. The minimum atomic E-state index is -1.07. The minimum Gasteiger partial charge on any atom is -0.323 e. The van der Waals surface area contributed by atoms with Crippen molar-refractivity contribution in [3.05, 3.63) is 41.6 Å². The molecule has 4 rings (SSSR count). The standard InChI is InChI=1S/C19H22F2N2/c1-13-5-6-14(20)18-15(23-12-22-11-16(23)17(13)18)7-10-19(21)8-3-2-4-9-19/h5-6,11-12,15H,2-4,7-10H2,1H3/t15-/m0/s1. The van der Waals surface area contributed by atoms with Crippen molar-refractivity contribution in [2.75, 3.05) is 0 Å². The number of hydrogen-bond acceptors (Lipinski definition) is 1. The van der Waals surface area contributed by atoms with Crippen LogP contribution in [-0.4, -0.2) is 15.2 Å². The van der Waals surface area contributed by atoms with Gasteiger partial charge in [0.15, 0.2) is 0 Å². The van der Waals surface area contributed by atoms with Crippen LogP contribution < -0.4 is 0 Å². The number of benzene rings is 1. The molecule has 4 heteroatoms. The van der Waals surface area contributed by atoms with Gasteiger partial charge in [0, 0.05) is 11.1 Å². The van der Waals surface area contributed by atoms with Crippen LogP contribution in [0.1, 0.15) is 62.1 Å². The molecule has 0 bridgehead atoms. The topological polar surface area (TPSA) is 17.8 Å². The Balaban J connectivity index is 1.66. The zero-order valence-electron chi connectivity index (χ0n) is 13.5. The number of rotatable bonds is 3. The summed E-state index contributed by atoms with van der Waals surface area (Å²) in [6.45, 7) is 2.00. The average Bonchev–Trinajstić information content (AvgIpc) is 3.11. The normalized spacial score (nSPS) is 22.0. The molecule has 1 fully saturated rings. The van der Waals surface area contributed by atoms with Crippen molar-refractivity contribution in [3.63, 3.8) is 0 Å². The highest BCUT2D eigenvalue weighted by atomic mass is 19.1. The Hall–Kier alpha value is -1.71. The van der Waals surface area contributed by atoms with E-state index in [4.69, 9.17) is 0 Å². The summed E-state index contributed by atoms with van der Waals surface area (Å²) in [6.07, 6.45) is 9.07. The average molecular weight is 316 g/mol. The number of nitrogens with zero attached hydrogens (tertiary/aromatic N) is 2. The van der Waals surface area contributed by atoms with E-state index < -0.39 is 5.67 Å². The molecular formula is C19H22F2N2. The van der Waals surface area contributed by atoms with E-state index in [1.54, 1.807) is 12.5 Å². The summed E-state index contributed by atoms with van der Waals surface area (Å²) < 4.78 is 31.5. The first-order valence-electron chi connectivity index (χ1n) is 8.59. The molecule has 1 aromatic heterocycles. The third-order valence-corrected chi connectivity index (χ3v) is 5.61. The Kier molecular flexibility index (Phi) is 3.51. The van der Waals surface area contributed by atoms with E-state index in [2.05, 4.69) is 4.98 Å². The third-order valence-electron chi connectivity index (χ3n) is 5.61. The van der Waals surface area contributed by atoms with E-state index in [0.29, 0.717) is 25.7 Å². The molecule has 2 aliphatic rings. The number of aromatic nitrogens is 2. The van der Waals surface area contributed by atoms with Gasteiger partial charge in [-0.15, -0.1) is 0 Å². The molecule has 0 N–H and O–H groups in total.